The number of aryl methyl sites for hydroxylation is 1. The van der Waals surface area contributed by atoms with Gasteiger partial charge in [-0.1, -0.05) is 42.5 Å². The van der Waals surface area contributed by atoms with E-state index in [-0.39, 0.29) is 30.5 Å². The van der Waals surface area contributed by atoms with Gasteiger partial charge in [0.05, 0.1) is 23.1 Å². The van der Waals surface area contributed by atoms with Crippen molar-refractivity contribution in [2.24, 2.45) is 0 Å². The summed E-state index contributed by atoms with van der Waals surface area (Å²) < 4.78 is 4.99. The largest absolute Gasteiger partial charge is 0.462 e. The molecule has 9 nitrogen and oxygen atoms in total. The van der Waals surface area contributed by atoms with Gasteiger partial charge in [-0.3, -0.25) is 19.2 Å². The summed E-state index contributed by atoms with van der Waals surface area (Å²) >= 11 is 1.25. The first kappa shape index (κ1) is 31.9. The van der Waals surface area contributed by atoms with Crippen molar-refractivity contribution in [3.8, 4) is 0 Å². The Kier molecular flexibility index (Phi) is 10.1. The van der Waals surface area contributed by atoms with E-state index >= 15 is 0 Å². The number of rotatable bonds is 10. The quantitative estimate of drug-likeness (QED) is 0.125. The fourth-order valence-corrected chi connectivity index (χ4v) is 5.81. The molecule has 1 saturated heterocycles. The molecular formula is C36H31N3O6S. The third kappa shape index (κ3) is 7.59. The number of benzene rings is 4. The summed E-state index contributed by atoms with van der Waals surface area (Å²) in [6.45, 7) is 3.88. The summed E-state index contributed by atoms with van der Waals surface area (Å²) in [5, 5.41) is 4.94. The van der Waals surface area contributed by atoms with Gasteiger partial charge >= 0.3 is 5.97 Å². The molecule has 1 fully saturated rings. The lowest BCUT2D eigenvalue weighted by molar-refractivity contribution is -0.121. The van der Waals surface area contributed by atoms with Crippen molar-refractivity contribution >= 4 is 58.8 Å². The van der Waals surface area contributed by atoms with Gasteiger partial charge in [0.25, 0.3) is 11.8 Å². The molecule has 4 aromatic carbocycles. The summed E-state index contributed by atoms with van der Waals surface area (Å²) in [7, 11) is 0. The Bertz CT molecular complexity index is 1800. The third-order valence-corrected chi connectivity index (χ3v) is 8.35. The van der Waals surface area contributed by atoms with Crippen LogP contribution >= 0.6 is 11.8 Å². The van der Waals surface area contributed by atoms with Crippen molar-refractivity contribution in [1.82, 2.24) is 5.32 Å². The highest BCUT2D eigenvalue weighted by atomic mass is 32.2. The Hall–Kier alpha value is -5.48. The van der Waals surface area contributed by atoms with E-state index in [9.17, 15) is 24.0 Å². The zero-order valence-corrected chi connectivity index (χ0v) is 26.0. The lowest BCUT2D eigenvalue weighted by atomic mass is 10.1. The maximum absolute atomic E-state index is 13.4. The number of ether oxygens (including phenoxy) is 1. The van der Waals surface area contributed by atoms with Crippen LogP contribution in [0.5, 0.6) is 0 Å². The maximum Gasteiger partial charge on any atom is 0.338 e. The molecule has 46 heavy (non-hydrogen) atoms. The first-order chi connectivity index (χ1) is 22.2. The average Bonchev–Trinajstić information content (AvgIpc) is 3.34. The van der Waals surface area contributed by atoms with E-state index in [1.807, 2.05) is 31.2 Å². The summed E-state index contributed by atoms with van der Waals surface area (Å²) in [5.74, 6) is -2.08. The van der Waals surface area contributed by atoms with E-state index in [4.69, 9.17) is 4.74 Å². The smallest absolute Gasteiger partial charge is 0.338 e. The molecule has 0 spiro atoms. The van der Waals surface area contributed by atoms with Crippen LogP contribution in [0.1, 0.15) is 45.2 Å². The van der Waals surface area contributed by atoms with E-state index in [2.05, 4.69) is 10.6 Å². The second-order valence-electron chi connectivity index (χ2n) is 10.4. The van der Waals surface area contributed by atoms with Crippen LogP contribution in [0.25, 0.3) is 6.08 Å². The number of imide groups is 1. The van der Waals surface area contributed by atoms with Gasteiger partial charge in [-0.25, -0.2) is 9.69 Å². The summed E-state index contributed by atoms with van der Waals surface area (Å²) in [5.41, 5.74) is 3.42. The summed E-state index contributed by atoms with van der Waals surface area (Å²) in [6.07, 6.45) is 1.66. The van der Waals surface area contributed by atoms with Gasteiger partial charge in [0, 0.05) is 22.6 Å². The van der Waals surface area contributed by atoms with Crippen LogP contribution in [0.3, 0.4) is 0 Å². The number of carbonyl (C=O) groups is 5. The molecular weight excluding hydrogens is 602 g/mol. The Balaban J connectivity index is 1.26. The van der Waals surface area contributed by atoms with Gasteiger partial charge < -0.3 is 15.4 Å². The summed E-state index contributed by atoms with van der Waals surface area (Å²) in [6, 6.07) is 29.2. The number of hydrogen-bond acceptors (Lipinski definition) is 7. The predicted octanol–water partition coefficient (Wildman–Crippen LogP) is 6.01. The zero-order chi connectivity index (χ0) is 32.6. The van der Waals surface area contributed by atoms with Crippen molar-refractivity contribution in [2.75, 3.05) is 16.8 Å². The topological polar surface area (TPSA) is 122 Å². The molecule has 0 aliphatic carbocycles. The van der Waals surface area contributed by atoms with Gasteiger partial charge in [-0.15, -0.1) is 11.8 Å². The van der Waals surface area contributed by atoms with Crippen LogP contribution in [0.4, 0.5) is 11.4 Å². The normalized spacial score (nSPS) is 14.6. The number of nitrogens with zero attached hydrogens (tertiary/aromatic N) is 1. The molecule has 0 saturated carbocycles. The molecule has 1 heterocycles. The van der Waals surface area contributed by atoms with Crippen molar-refractivity contribution in [2.45, 2.75) is 30.4 Å². The highest BCUT2D eigenvalue weighted by Gasteiger charge is 2.40. The molecule has 0 aromatic heterocycles. The van der Waals surface area contributed by atoms with Gasteiger partial charge in [-0.2, -0.15) is 0 Å². The van der Waals surface area contributed by atoms with Crippen LogP contribution in [0.2, 0.25) is 0 Å². The fourth-order valence-electron chi connectivity index (χ4n) is 4.75. The SMILES string of the molecule is CCOC(=O)c1ccc(N2C(=O)CC(Sc3ccc(NC(=O)/C(=C/c4ccccc4C)NC(=O)c4ccccc4)cc3)C2=O)cc1. The van der Waals surface area contributed by atoms with Crippen molar-refractivity contribution in [3.63, 3.8) is 0 Å². The number of amides is 4. The monoisotopic (exact) mass is 633 g/mol. The first-order valence-electron chi connectivity index (χ1n) is 14.6. The highest BCUT2D eigenvalue weighted by molar-refractivity contribution is 8.00. The Morgan fingerprint density at radius 1 is 0.870 bits per heavy atom. The molecule has 1 unspecified atom stereocenters. The number of nitrogens with one attached hydrogen (secondary N) is 2. The van der Waals surface area contributed by atoms with E-state index in [0.29, 0.717) is 22.5 Å². The minimum Gasteiger partial charge on any atom is -0.462 e. The second kappa shape index (κ2) is 14.5. The van der Waals surface area contributed by atoms with Crippen LogP contribution in [-0.2, 0) is 19.1 Å². The molecule has 1 atom stereocenters. The Morgan fingerprint density at radius 3 is 2.22 bits per heavy atom. The average molecular weight is 634 g/mol. The lowest BCUT2D eigenvalue weighted by Crippen LogP contribution is -2.31. The van der Waals surface area contributed by atoms with Crippen molar-refractivity contribution < 1.29 is 28.7 Å². The second-order valence-corrected chi connectivity index (χ2v) is 11.6. The van der Waals surface area contributed by atoms with E-state index < -0.39 is 23.0 Å². The molecule has 1 aliphatic heterocycles. The van der Waals surface area contributed by atoms with Crippen LogP contribution in [0, 0.1) is 6.92 Å². The molecule has 1 aliphatic rings. The van der Waals surface area contributed by atoms with Crippen LogP contribution < -0.4 is 15.5 Å². The molecule has 0 radical (unpaired) electrons. The number of hydrogen-bond donors (Lipinski definition) is 2. The molecule has 2 N–H and O–H groups in total. The van der Waals surface area contributed by atoms with Gasteiger partial charge in [0.2, 0.25) is 11.8 Å². The first-order valence-corrected chi connectivity index (χ1v) is 15.5. The third-order valence-electron chi connectivity index (χ3n) is 7.15. The Labute approximate surface area is 270 Å². The van der Waals surface area contributed by atoms with Crippen molar-refractivity contribution in [1.29, 1.82) is 0 Å². The van der Waals surface area contributed by atoms with E-state index in [1.54, 1.807) is 79.7 Å². The van der Waals surface area contributed by atoms with E-state index in [1.165, 1.54) is 23.9 Å². The molecule has 4 amide bonds. The minimum atomic E-state index is -0.630. The fraction of sp³-hybridized carbons (Fsp3) is 0.139. The van der Waals surface area contributed by atoms with Crippen molar-refractivity contribution in [3.05, 3.63) is 131 Å². The summed E-state index contributed by atoms with van der Waals surface area (Å²) in [4.78, 5) is 66.1. The van der Waals surface area contributed by atoms with Gasteiger partial charge in [-0.05, 0) is 91.7 Å². The Morgan fingerprint density at radius 2 is 1.54 bits per heavy atom. The van der Waals surface area contributed by atoms with Crippen LogP contribution in [-0.4, -0.2) is 41.5 Å². The maximum atomic E-state index is 13.4. The van der Waals surface area contributed by atoms with Gasteiger partial charge in [0.1, 0.15) is 5.70 Å². The van der Waals surface area contributed by atoms with Crippen LogP contribution in [0.15, 0.2) is 114 Å². The number of thioether (sulfide) groups is 1. The standard InChI is InChI=1S/C36H31N3O6S/c1-3-45-36(44)25-13-17-28(18-14-25)39-32(40)22-31(35(39)43)46-29-19-15-27(16-20-29)37-34(42)30(21-26-12-8-7-9-23(26)2)38-33(41)24-10-5-4-6-11-24/h4-21,31H,3,22H2,1-2H3,(H,37,42)(H,38,41)/b30-21-. The molecule has 10 heteroatoms. The molecule has 232 valence electrons. The molecule has 4 aromatic rings. The lowest BCUT2D eigenvalue weighted by Gasteiger charge is -2.15. The molecule has 5 rings (SSSR count). The minimum absolute atomic E-state index is 0.0236. The van der Waals surface area contributed by atoms with E-state index in [0.717, 1.165) is 20.9 Å². The van der Waals surface area contributed by atoms with Gasteiger partial charge in [0.15, 0.2) is 0 Å². The molecule has 0 bridgehead atoms. The number of anilines is 2. The predicted molar refractivity (Wildman–Crippen MR) is 177 cm³/mol. The highest BCUT2D eigenvalue weighted by Crippen LogP contribution is 2.34. The number of carbonyl (C=O) groups excluding carboxylic acids is 5. The zero-order valence-electron chi connectivity index (χ0n) is 25.2. The number of esters is 1.